The van der Waals surface area contributed by atoms with Gasteiger partial charge in [0.1, 0.15) is 0 Å². The van der Waals surface area contributed by atoms with E-state index >= 15 is 0 Å². The lowest BCUT2D eigenvalue weighted by Crippen LogP contribution is -2.43. The van der Waals surface area contributed by atoms with E-state index in [0.29, 0.717) is 24.5 Å². The summed E-state index contributed by atoms with van der Waals surface area (Å²) in [4.78, 5) is 5.06. The predicted molar refractivity (Wildman–Crippen MR) is 137 cm³/mol. The molecule has 2 heterocycles. The average molecular weight is 567 g/mol. The van der Waals surface area contributed by atoms with Gasteiger partial charge >= 0.3 is 0 Å². The van der Waals surface area contributed by atoms with Gasteiger partial charge in [-0.15, -0.1) is 24.0 Å². The molecule has 9 heteroatoms. The van der Waals surface area contributed by atoms with Gasteiger partial charge in [0.05, 0.1) is 11.4 Å². The molecule has 2 saturated heterocycles. The smallest absolute Gasteiger partial charge is 0.243 e. The fraction of sp³-hybridized carbons (Fsp3) is 0.667. The molecule has 1 atom stereocenters. The number of nitrogens with one attached hydrogen (secondary N) is 2. The van der Waals surface area contributed by atoms with E-state index in [-0.39, 0.29) is 28.7 Å². The van der Waals surface area contributed by atoms with Crippen LogP contribution in [0.2, 0.25) is 0 Å². The minimum atomic E-state index is -3.41. The third-order valence-electron chi connectivity index (χ3n) is 5.55. The zero-order valence-electron chi connectivity index (χ0n) is 18.0. The Balaban J connectivity index is 0.00000320. The van der Waals surface area contributed by atoms with E-state index in [1.54, 1.807) is 16.4 Å². The Morgan fingerprint density at radius 2 is 1.97 bits per heavy atom. The van der Waals surface area contributed by atoms with Crippen molar-refractivity contribution < 1.29 is 8.42 Å². The zero-order chi connectivity index (χ0) is 20.7. The van der Waals surface area contributed by atoms with Gasteiger partial charge < -0.3 is 10.6 Å². The van der Waals surface area contributed by atoms with E-state index in [1.165, 1.54) is 18.6 Å². The average Bonchev–Trinajstić information content (AvgIpc) is 3.18. The monoisotopic (exact) mass is 566 g/mol. The Bertz CT molecular complexity index is 805. The number of benzene rings is 1. The number of hydrogen-bond acceptors (Lipinski definition) is 4. The number of aliphatic imine (C=N–C) groups is 1. The predicted octanol–water partition coefficient (Wildman–Crippen LogP) is 3.82. The lowest BCUT2D eigenvalue weighted by Gasteiger charge is -2.26. The van der Waals surface area contributed by atoms with E-state index in [2.05, 4.69) is 29.5 Å². The van der Waals surface area contributed by atoms with Crippen LogP contribution in [-0.4, -0.2) is 55.4 Å². The number of halogens is 1. The Morgan fingerprint density at radius 1 is 1.20 bits per heavy atom. The van der Waals surface area contributed by atoms with Gasteiger partial charge in [0, 0.05) is 30.9 Å². The summed E-state index contributed by atoms with van der Waals surface area (Å²) in [6, 6.07) is 7.22. The molecule has 170 valence electrons. The van der Waals surface area contributed by atoms with E-state index in [9.17, 15) is 8.42 Å². The normalized spacial score (nSPS) is 23.1. The molecule has 6 nitrogen and oxygen atoms in total. The van der Waals surface area contributed by atoms with E-state index in [4.69, 9.17) is 0 Å². The molecule has 0 spiro atoms. The molecule has 0 aliphatic carbocycles. The molecule has 2 fully saturated rings. The van der Waals surface area contributed by atoms with Crippen molar-refractivity contribution >= 4 is 51.7 Å². The van der Waals surface area contributed by atoms with Gasteiger partial charge in [-0.3, -0.25) is 0 Å². The maximum atomic E-state index is 12.9. The summed E-state index contributed by atoms with van der Waals surface area (Å²) in [6.45, 7) is 7.71. The first-order valence-electron chi connectivity index (χ1n) is 10.7. The number of rotatable bonds is 7. The quantitative estimate of drug-likeness (QED) is 0.298. The standard InChI is InChI=1S/C21H34N4O2S2.HI/c1-3-22-20(24-17-21(2)11-8-14-28-21)23-16-18-9-7-10-19(15-18)29(26,27)25-12-5-4-6-13-25;/h7,9-10,15H,3-6,8,11-14,16-17H2,1-2H3,(H2,22,23,24);1H. The van der Waals surface area contributed by atoms with Gasteiger partial charge in [-0.05, 0) is 63.0 Å². The van der Waals surface area contributed by atoms with Crippen molar-refractivity contribution in [1.29, 1.82) is 0 Å². The Labute approximate surface area is 203 Å². The van der Waals surface area contributed by atoms with Crippen LogP contribution in [0.15, 0.2) is 34.2 Å². The fourth-order valence-electron chi connectivity index (χ4n) is 3.82. The first-order valence-corrected chi connectivity index (χ1v) is 13.1. The Morgan fingerprint density at radius 3 is 2.63 bits per heavy atom. The molecule has 1 unspecified atom stereocenters. The van der Waals surface area contributed by atoms with E-state index in [0.717, 1.165) is 43.9 Å². The van der Waals surface area contributed by atoms with Crippen LogP contribution in [0, 0.1) is 0 Å². The molecule has 1 aromatic carbocycles. The minimum absolute atomic E-state index is 0. The molecule has 30 heavy (non-hydrogen) atoms. The van der Waals surface area contributed by atoms with Gasteiger partial charge in [-0.2, -0.15) is 16.1 Å². The molecule has 2 aliphatic heterocycles. The first-order chi connectivity index (χ1) is 13.9. The molecule has 0 aromatic heterocycles. The van der Waals surface area contributed by atoms with Crippen molar-refractivity contribution in [2.45, 2.75) is 62.1 Å². The second-order valence-corrected chi connectivity index (χ2v) is 11.7. The summed E-state index contributed by atoms with van der Waals surface area (Å²) in [6.07, 6.45) is 5.49. The molecule has 2 N–H and O–H groups in total. The summed E-state index contributed by atoms with van der Waals surface area (Å²) in [5, 5.41) is 6.76. The lowest BCUT2D eigenvalue weighted by molar-refractivity contribution is 0.346. The molecule has 0 radical (unpaired) electrons. The number of guanidine groups is 1. The molecular weight excluding hydrogens is 531 g/mol. The van der Waals surface area contributed by atoms with Crippen LogP contribution in [0.3, 0.4) is 0 Å². The van der Waals surface area contributed by atoms with Gasteiger partial charge in [0.15, 0.2) is 5.96 Å². The number of hydrogen-bond donors (Lipinski definition) is 2. The van der Waals surface area contributed by atoms with Crippen LogP contribution in [0.1, 0.15) is 51.5 Å². The highest BCUT2D eigenvalue weighted by Crippen LogP contribution is 2.36. The molecule has 0 saturated carbocycles. The van der Waals surface area contributed by atoms with Crippen LogP contribution in [0.4, 0.5) is 0 Å². The van der Waals surface area contributed by atoms with Gasteiger partial charge in [0.2, 0.25) is 10.0 Å². The summed E-state index contributed by atoms with van der Waals surface area (Å²) < 4.78 is 27.7. The Kier molecular flexibility index (Phi) is 10.2. The number of piperidine rings is 1. The van der Waals surface area contributed by atoms with Crippen LogP contribution < -0.4 is 10.6 Å². The lowest BCUT2D eigenvalue weighted by atomic mass is 10.1. The largest absolute Gasteiger partial charge is 0.357 e. The SMILES string of the molecule is CCNC(=NCc1cccc(S(=O)(=O)N2CCCCC2)c1)NCC1(C)CCCS1.I. The third kappa shape index (κ3) is 7.00. The number of thioether (sulfide) groups is 1. The van der Waals surface area contributed by atoms with Crippen molar-refractivity contribution in [2.75, 3.05) is 31.9 Å². The summed E-state index contributed by atoms with van der Waals surface area (Å²) in [5.41, 5.74) is 0.904. The summed E-state index contributed by atoms with van der Waals surface area (Å²) in [7, 11) is -3.41. The highest BCUT2D eigenvalue weighted by molar-refractivity contribution is 14.0. The number of nitrogens with zero attached hydrogens (tertiary/aromatic N) is 2. The third-order valence-corrected chi connectivity index (χ3v) is 8.98. The fourth-order valence-corrected chi connectivity index (χ4v) is 6.65. The summed E-state index contributed by atoms with van der Waals surface area (Å²) in [5.74, 6) is 2.01. The van der Waals surface area contributed by atoms with Crippen molar-refractivity contribution in [3.63, 3.8) is 0 Å². The van der Waals surface area contributed by atoms with Crippen LogP contribution >= 0.6 is 35.7 Å². The van der Waals surface area contributed by atoms with Gasteiger partial charge in [-0.25, -0.2) is 13.4 Å². The molecule has 0 bridgehead atoms. The second kappa shape index (κ2) is 11.9. The zero-order valence-corrected chi connectivity index (χ0v) is 22.0. The van der Waals surface area contributed by atoms with Crippen LogP contribution in [0.5, 0.6) is 0 Å². The second-order valence-electron chi connectivity index (χ2n) is 8.06. The van der Waals surface area contributed by atoms with E-state index in [1.807, 2.05) is 23.9 Å². The highest BCUT2D eigenvalue weighted by Gasteiger charge is 2.29. The highest BCUT2D eigenvalue weighted by atomic mass is 127. The molecule has 0 amide bonds. The molecule has 1 aromatic rings. The minimum Gasteiger partial charge on any atom is -0.357 e. The first kappa shape index (κ1) is 25.7. The van der Waals surface area contributed by atoms with Gasteiger partial charge in [0.25, 0.3) is 0 Å². The van der Waals surface area contributed by atoms with Crippen molar-refractivity contribution in [2.24, 2.45) is 4.99 Å². The van der Waals surface area contributed by atoms with Crippen LogP contribution in [0.25, 0.3) is 0 Å². The molecule has 2 aliphatic rings. The Hall–Kier alpha value is -0.520. The van der Waals surface area contributed by atoms with Crippen molar-refractivity contribution in [3.05, 3.63) is 29.8 Å². The van der Waals surface area contributed by atoms with Crippen LogP contribution in [-0.2, 0) is 16.6 Å². The number of sulfonamides is 1. The van der Waals surface area contributed by atoms with Crippen molar-refractivity contribution in [1.82, 2.24) is 14.9 Å². The topological polar surface area (TPSA) is 73.8 Å². The van der Waals surface area contributed by atoms with Gasteiger partial charge in [-0.1, -0.05) is 18.6 Å². The van der Waals surface area contributed by atoms with Crippen molar-refractivity contribution in [3.8, 4) is 0 Å². The molecular formula is C21H35IN4O2S2. The maximum absolute atomic E-state index is 12.9. The summed E-state index contributed by atoms with van der Waals surface area (Å²) >= 11 is 2.02. The maximum Gasteiger partial charge on any atom is 0.243 e. The molecule has 3 rings (SSSR count). The van der Waals surface area contributed by atoms with E-state index < -0.39 is 10.0 Å².